The van der Waals surface area contributed by atoms with Crippen molar-refractivity contribution in [2.24, 2.45) is 11.8 Å². The molecule has 1 amide bonds. The second kappa shape index (κ2) is 7.13. The van der Waals surface area contributed by atoms with Crippen molar-refractivity contribution in [1.82, 2.24) is 10.2 Å². The van der Waals surface area contributed by atoms with Gasteiger partial charge in [0.25, 0.3) is 0 Å². The van der Waals surface area contributed by atoms with Crippen molar-refractivity contribution in [3.63, 3.8) is 0 Å². The highest BCUT2D eigenvalue weighted by Crippen LogP contribution is 2.23. The fourth-order valence-electron chi connectivity index (χ4n) is 3.40. The summed E-state index contributed by atoms with van der Waals surface area (Å²) in [5.41, 5.74) is 0. The number of likely N-dealkylation sites (tertiary alicyclic amines) is 1. The summed E-state index contributed by atoms with van der Waals surface area (Å²) in [6, 6.07) is 0. The monoisotopic (exact) mass is 252 g/mol. The molecule has 2 fully saturated rings. The minimum atomic E-state index is 0.251. The third-order valence-electron chi connectivity index (χ3n) is 4.50. The Bertz CT molecular complexity index is 261. The Morgan fingerprint density at radius 2 is 2.11 bits per heavy atom. The molecule has 2 aliphatic heterocycles. The molecule has 0 aromatic heterocycles. The van der Waals surface area contributed by atoms with Gasteiger partial charge in [0.05, 0.1) is 5.92 Å². The highest BCUT2D eigenvalue weighted by molar-refractivity contribution is 5.79. The minimum Gasteiger partial charge on any atom is -0.342 e. The van der Waals surface area contributed by atoms with E-state index in [0.29, 0.717) is 5.91 Å². The quantitative estimate of drug-likeness (QED) is 0.836. The van der Waals surface area contributed by atoms with Gasteiger partial charge >= 0.3 is 0 Å². The zero-order valence-corrected chi connectivity index (χ0v) is 11.8. The predicted molar refractivity (Wildman–Crippen MR) is 74.4 cm³/mol. The van der Waals surface area contributed by atoms with Gasteiger partial charge in [0.1, 0.15) is 0 Å². The second-order valence-corrected chi connectivity index (χ2v) is 5.95. The smallest absolute Gasteiger partial charge is 0.226 e. The lowest BCUT2D eigenvalue weighted by molar-refractivity contribution is -0.136. The fraction of sp³-hybridized carbons (Fsp3) is 0.933. The number of rotatable bonds is 3. The fourth-order valence-corrected chi connectivity index (χ4v) is 3.40. The van der Waals surface area contributed by atoms with Crippen LogP contribution in [0.1, 0.15) is 51.9 Å². The van der Waals surface area contributed by atoms with Crippen LogP contribution in [-0.4, -0.2) is 37.0 Å². The van der Waals surface area contributed by atoms with Crippen molar-refractivity contribution in [2.45, 2.75) is 51.9 Å². The number of carbonyl (C=O) groups is 1. The van der Waals surface area contributed by atoms with Crippen LogP contribution in [0.5, 0.6) is 0 Å². The summed E-state index contributed by atoms with van der Waals surface area (Å²) < 4.78 is 0. The molecule has 2 saturated heterocycles. The number of hydrogen-bond acceptors (Lipinski definition) is 2. The third-order valence-corrected chi connectivity index (χ3v) is 4.50. The van der Waals surface area contributed by atoms with Crippen molar-refractivity contribution < 1.29 is 4.79 Å². The maximum Gasteiger partial charge on any atom is 0.226 e. The summed E-state index contributed by atoms with van der Waals surface area (Å²) in [4.78, 5) is 14.6. The van der Waals surface area contributed by atoms with E-state index in [9.17, 15) is 4.79 Å². The van der Waals surface area contributed by atoms with E-state index in [2.05, 4.69) is 17.1 Å². The van der Waals surface area contributed by atoms with Gasteiger partial charge in [-0.25, -0.2) is 0 Å². The van der Waals surface area contributed by atoms with Gasteiger partial charge in [-0.05, 0) is 44.6 Å². The molecule has 0 spiro atoms. The molecular weight excluding hydrogens is 224 g/mol. The van der Waals surface area contributed by atoms with Crippen LogP contribution < -0.4 is 5.32 Å². The number of hydrogen-bond donors (Lipinski definition) is 1. The normalized spacial score (nSPS) is 29.9. The second-order valence-electron chi connectivity index (χ2n) is 5.95. The molecule has 1 unspecified atom stereocenters. The molecule has 1 N–H and O–H groups in total. The molecule has 2 aliphatic rings. The van der Waals surface area contributed by atoms with Gasteiger partial charge in [-0.15, -0.1) is 0 Å². The van der Waals surface area contributed by atoms with Crippen molar-refractivity contribution in [3.8, 4) is 0 Å². The number of carbonyl (C=O) groups excluding carboxylic acids is 1. The van der Waals surface area contributed by atoms with Gasteiger partial charge in [0.15, 0.2) is 0 Å². The van der Waals surface area contributed by atoms with E-state index in [-0.39, 0.29) is 5.92 Å². The zero-order valence-electron chi connectivity index (χ0n) is 11.8. The Morgan fingerprint density at radius 3 is 2.83 bits per heavy atom. The van der Waals surface area contributed by atoms with Crippen molar-refractivity contribution in [3.05, 3.63) is 0 Å². The van der Waals surface area contributed by atoms with Crippen LogP contribution in [0.4, 0.5) is 0 Å². The number of piperidine rings is 1. The lowest BCUT2D eigenvalue weighted by Gasteiger charge is -2.29. The summed E-state index contributed by atoms with van der Waals surface area (Å²) in [5, 5.41) is 3.35. The van der Waals surface area contributed by atoms with E-state index in [1.165, 1.54) is 32.1 Å². The Morgan fingerprint density at radius 1 is 1.22 bits per heavy atom. The molecule has 0 aliphatic carbocycles. The van der Waals surface area contributed by atoms with Crippen molar-refractivity contribution in [2.75, 3.05) is 26.2 Å². The molecule has 3 nitrogen and oxygen atoms in total. The average Bonchev–Trinajstić information content (AvgIpc) is 2.65. The summed E-state index contributed by atoms with van der Waals surface area (Å²) in [6.07, 6.45) is 8.61. The number of nitrogens with zero attached hydrogens (tertiary/aromatic N) is 1. The SMILES string of the molecule is CCCC1CCCN(C(=O)[C@H]2CCCNC2)CC1. The number of amides is 1. The van der Waals surface area contributed by atoms with Gasteiger partial charge < -0.3 is 10.2 Å². The first kappa shape index (κ1) is 13.9. The first-order valence-corrected chi connectivity index (χ1v) is 7.80. The molecule has 0 saturated carbocycles. The molecule has 2 heterocycles. The summed E-state index contributed by atoms with van der Waals surface area (Å²) in [5.74, 6) is 1.53. The standard InChI is InChI=1S/C15H28N2O/c1-2-5-13-6-4-10-17(11-8-13)15(18)14-7-3-9-16-12-14/h13-14,16H,2-12H2,1H3/t13?,14-/m0/s1. The molecule has 104 valence electrons. The van der Waals surface area contributed by atoms with Gasteiger partial charge in [-0.1, -0.05) is 19.8 Å². The van der Waals surface area contributed by atoms with Gasteiger partial charge in [-0.2, -0.15) is 0 Å². The van der Waals surface area contributed by atoms with E-state index >= 15 is 0 Å². The highest BCUT2D eigenvalue weighted by Gasteiger charge is 2.27. The average molecular weight is 252 g/mol. The largest absolute Gasteiger partial charge is 0.342 e. The Kier molecular flexibility index (Phi) is 5.48. The van der Waals surface area contributed by atoms with Gasteiger partial charge in [0, 0.05) is 19.6 Å². The molecule has 18 heavy (non-hydrogen) atoms. The van der Waals surface area contributed by atoms with Crippen LogP contribution in [0.15, 0.2) is 0 Å². The first-order valence-electron chi connectivity index (χ1n) is 7.80. The topological polar surface area (TPSA) is 32.3 Å². The highest BCUT2D eigenvalue weighted by atomic mass is 16.2. The lowest BCUT2D eigenvalue weighted by Crippen LogP contribution is -2.43. The van der Waals surface area contributed by atoms with E-state index in [1.54, 1.807) is 0 Å². The molecule has 0 radical (unpaired) electrons. The summed E-state index contributed by atoms with van der Waals surface area (Å²) in [6.45, 7) is 6.24. The summed E-state index contributed by atoms with van der Waals surface area (Å²) in [7, 11) is 0. The van der Waals surface area contributed by atoms with Crippen LogP contribution in [0.2, 0.25) is 0 Å². The first-order chi connectivity index (χ1) is 8.81. The van der Waals surface area contributed by atoms with Gasteiger partial charge in [-0.3, -0.25) is 4.79 Å². The maximum absolute atomic E-state index is 12.5. The zero-order chi connectivity index (χ0) is 12.8. The maximum atomic E-state index is 12.5. The van der Waals surface area contributed by atoms with Crippen LogP contribution in [0.3, 0.4) is 0 Å². The molecule has 0 aromatic rings. The molecule has 0 bridgehead atoms. The van der Waals surface area contributed by atoms with E-state index < -0.39 is 0 Å². The molecule has 0 aromatic carbocycles. The Hall–Kier alpha value is -0.570. The molecule has 2 rings (SSSR count). The van der Waals surface area contributed by atoms with Crippen LogP contribution in [0, 0.1) is 11.8 Å². The van der Waals surface area contributed by atoms with E-state index in [4.69, 9.17) is 0 Å². The van der Waals surface area contributed by atoms with Crippen LogP contribution in [0.25, 0.3) is 0 Å². The summed E-state index contributed by atoms with van der Waals surface area (Å²) >= 11 is 0. The van der Waals surface area contributed by atoms with E-state index in [1.807, 2.05) is 0 Å². The molecular formula is C15H28N2O. The van der Waals surface area contributed by atoms with Crippen molar-refractivity contribution >= 4 is 5.91 Å². The Balaban J connectivity index is 1.82. The van der Waals surface area contributed by atoms with E-state index in [0.717, 1.165) is 44.9 Å². The lowest BCUT2D eigenvalue weighted by atomic mass is 9.96. The molecule has 2 atom stereocenters. The third kappa shape index (κ3) is 3.71. The Labute approximate surface area is 111 Å². The van der Waals surface area contributed by atoms with Crippen molar-refractivity contribution in [1.29, 1.82) is 0 Å². The van der Waals surface area contributed by atoms with Crippen LogP contribution >= 0.6 is 0 Å². The van der Waals surface area contributed by atoms with Gasteiger partial charge in [0.2, 0.25) is 5.91 Å². The van der Waals surface area contributed by atoms with Crippen LogP contribution in [-0.2, 0) is 4.79 Å². The minimum absolute atomic E-state index is 0.251. The number of nitrogens with one attached hydrogen (secondary N) is 1. The molecule has 3 heteroatoms. The predicted octanol–water partition coefficient (Wildman–Crippen LogP) is 2.41.